The van der Waals surface area contributed by atoms with Gasteiger partial charge in [0.15, 0.2) is 0 Å². The number of imidazole rings is 1. The van der Waals surface area contributed by atoms with Gasteiger partial charge in [-0.05, 0) is 6.26 Å². The Kier molecular flexibility index (Phi) is 2.47. The molecule has 4 nitrogen and oxygen atoms in total. The minimum atomic E-state index is -0.798. The maximum atomic E-state index is 10.5. The molecule has 0 unspecified atom stereocenters. The van der Waals surface area contributed by atoms with Gasteiger partial charge in [-0.2, -0.15) is 0 Å². The first-order valence-electron chi connectivity index (χ1n) is 3.92. The summed E-state index contributed by atoms with van der Waals surface area (Å²) in [6.45, 7) is 0. The van der Waals surface area contributed by atoms with Crippen LogP contribution in [0.5, 0.6) is 0 Å². The Balaban J connectivity index is 2.41. The average molecular weight is 228 g/mol. The molecule has 2 aromatic heterocycles. The number of fused-ring (bicyclic) bond motifs is 1. The molecule has 2 heterocycles. The van der Waals surface area contributed by atoms with Gasteiger partial charge in [-0.1, -0.05) is 0 Å². The molecule has 6 heteroatoms. The molecular formula is C8H8N2O2S2. The van der Waals surface area contributed by atoms with Gasteiger partial charge in [-0.15, -0.1) is 23.1 Å². The van der Waals surface area contributed by atoms with Crippen LogP contribution in [0.15, 0.2) is 17.6 Å². The van der Waals surface area contributed by atoms with Crippen molar-refractivity contribution in [2.45, 2.75) is 11.4 Å². The van der Waals surface area contributed by atoms with E-state index in [-0.39, 0.29) is 6.42 Å². The molecule has 0 bridgehead atoms. The summed E-state index contributed by atoms with van der Waals surface area (Å²) in [5, 5.41) is 9.58. The highest BCUT2D eigenvalue weighted by molar-refractivity contribution is 7.98. The Bertz CT molecular complexity index is 475. The molecule has 2 rings (SSSR count). The van der Waals surface area contributed by atoms with E-state index in [1.165, 1.54) is 11.3 Å². The van der Waals surface area contributed by atoms with Crippen molar-refractivity contribution in [3.05, 3.63) is 17.4 Å². The Hall–Kier alpha value is -1.01. The Labute approximate surface area is 88.6 Å². The highest BCUT2D eigenvalue weighted by atomic mass is 32.2. The molecule has 14 heavy (non-hydrogen) atoms. The lowest BCUT2D eigenvalue weighted by Crippen LogP contribution is -1.97. The third-order valence-electron chi connectivity index (χ3n) is 1.75. The number of carboxylic acids is 1. The van der Waals surface area contributed by atoms with Gasteiger partial charge in [0.2, 0.25) is 0 Å². The van der Waals surface area contributed by atoms with Crippen molar-refractivity contribution >= 4 is 33.9 Å². The van der Waals surface area contributed by atoms with E-state index in [2.05, 4.69) is 4.98 Å². The smallest absolute Gasteiger partial charge is 0.308 e. The maximum absolute atomic E-state index is 10.5. The lowest BCUT2D eigenvalue weighted by Gasteiger charge is -1.87. The van der Waals surface area contributed by atoms with E-state index in [0.29, 0.717) is 0 Å². The zero-order valence-electron chi connectivity index (χ0n) is 7.43. The number of hydrogen-bond acceptors (Lipinski definition) is 4. The minimum Gasteiger partial charge on any atom is -0.481 e. The highest BCUT2D eigenvalue weighted by Crippen LogP contribution is 2.26. The summed E-state index contributed by atoms with van der Waals surface area (Å²) in [6, 6.07) is 0. The van der Waals surface area contributed by atoms with E-state index in [0.717, 1.165) is 14.7 Å². The van der Waals surface area contributed by atoms with Crippen LogP contribution in [0.2, 0.25) is 0 Å². The fourth-order valence-corrected chi connectivity index (χ4v) is 2.96. The van der Waals surface area contributed by atoms with Crippen LogP contribution in [0.1, 0.15) is 4.88 Å². The largest absolute Gasteiger partial charge is 0.481 e. The van der Waals surface area contributed by atoms with Gasteiger partial charge in [0.25, 0.3) is 0 Å². The summed E-state index contributed by atoms with van der Waals surface area (Å²) >= 11 is 3.05. The van der Waals surface area contributed by atoms with Gasteiger partial charge in [0.05, 0.1) is 6.42 Å². The second-order valence-corrected chi connectivity index (χ2v) is 4.64. The number of aliphatic carboxylic acids is 1. The standard InChI is InChI=1S/C8H8N2O2S2/c1-13-7-8-10(4-9-7)3-5(14-8)2-6(11)12/h3-4H,2H2,1H3,(H,11,12). The number of thiazole rings is 1. The van der Waals surface area contributed by atoms with Gasteiger partial charge in [0, 0.05) is 11.1 Å². The van der Waals surface area contributed by atoms with Crippen molar-refractivity contribution in [3.63, 3.8) is 0 Å². The van der Waals surface area contributed by atoms with E-state index >= 15 is 0 Å². The first-order valence-corrected chi connectivity index (χ1v) is 5.96. The molecule has 0 radical (unpaired) electrons. The first kappa shape index (κ1) is 9.54. The number of carboxylic acid groups (broad SMARTS) is 1. The van der Waals surface area contributed by atoms with Crippen molar-refractivity contribution < 1.29 is 9.90 Å². The van der Waals surface area contributed by atoms with Gasteiger partial charge < -0.3 is 5.11 Å². The van der Waals surface area contributed by atoms with Gasteiger partial charge >= 0.3 is 5.97 Å². The molecule has 0 aliphatic heterocycles. The molecule has 1 N–H and O–H groups in total. The van der Waals surface area contributed by atoms with Crippen LogP contribution >= 0.6 is 23.1 Å². The SMILES string of the molecule is CSc1ncn2cc(CC(=O)O)sc12. The molecular weight excluding hydrogens is 220 g/mol. The van der Waals surface area contributed by atoms with Crippen LogP contribution in [0.25, 0.3) is 4.83 Å². The summed E-state index contributed by atoms with van der Waals surface area (Å²) in [5.41, 5.74) is 0. The van der Waals surface area contributed by atoms with E-state index in [4.69, 9.17) is 5.11 Å². The summed E-state index contributed by atoms with van der Waals surface area (Å²) < 4.78 is 1.87. The summed E-state index contributed by atoms with van der Waals surface area (Å²) in [5.74, 6) is -0.798. The first-order chi connectivity index (χ1) is 6.70. The number of aromatic nitrogens is 2. The average Bonchev–Trinajstić information content (AvgIpc) is 2.61. The zero-order chi connectivity index (χ0) is 10.1. The molecule has 0 fully saturated rings. The van der Waals surface area contributed by atoms with Crippen LogP contribution in [0.3, 0.4) is 0 Å². The normalized spacial score (nSPS) is 10.9. The van der Waals surface area contributed by atoms with Crippen molar-refractivity contribution in [2.75, 3.05) is 6.26 Å². The van der Waals surface area contributed by atoms with E-state index in [1.54, 1.807) is 18.1 Å². The van der Waals surface area contributed by atoms with Crippen LogP contribution in [-0.4, -0.2) is 26.7 Å². The molecule has 0 aliphatic carbocycles. The molecule has 0 atom stereocenters. The van der Waals surface area contributed by atoms with Crippen LogP contribution in [-0.2, 0) is 11.2 Å². The van der Waals surface area contributed by atoms with Crippen molar-refractivity contribution in [1.29, 1.82) is 0 Å². The van der Waals surface area contributed by atoms with Crippen LogP contribution in [0.4, 0.5) is 0 Å². The molecule has 0 spiro atoms. The second kappa shape index (κ2) is 3.62. The zero-order valence-corrected chi connectivity index (χ0v) is 9.06. The highest BCUT2D eigenvalue weighted by Gasteiger charge is 2.09. The lowest BCUT2D eigenvalue weighted by atomic mass is 10.4. The molecule has 2 aromatic rings. The summed E-state index contributed by atoms with van der Waals surface area (Å²) in [4.78, 5) is 16.6. The second-order valence-electron chi connectivity index (χ2n) is 2.73. The molecule has 0 amide bonds. The Morgan fingerprint density at radius 1 is 1.79 bits per heavy atom. The minimum absolute atomic E-state index is 0.0835. The van der Waals surface area contributed by atoms with Crippen LogP contribution < -0.4 is 0 Å². The van der Waals surface area contributed by atoms with Gasteiger partial charge in [-0.3, -0.25) is 9.20 Å². The quantitative estimate of drug-likeness (QED) is 0.813. The number of carbonyl (C=O) groups is 1. The molecule has 0 saturated carbocycles. The Morgan fingerprint density at radius 2 is 2.57 bits per heavy atom. The number of nitrogens with zero attached hydrogens (tertiary/aromatic N) is 2. The lowest BCUT2D eigenvalue weighted by molar-refractivity contribution is -0.136. The molecule has 0 aliphatic rings. The monoisotopic (exact) mass is 228 g/mol. The third-order valence-corrected chi connectivity index (χ3v) is 3.67. The van der Waals surface area contributed by atoms with E-state index < -0.39 is 5.97 Å². The Morgan fingerprint density at radius 3 is 3.21 bits per heavy atom. The number of thioether (sulfide) groups is 1. The molecule has 74 valence electrons. The summed E-state index contributed by atoms with van der Waals surface area (Å²) in [7, 11) is 0. The number of rotatable bonds is 3. The van der Waals surface area contributed by atoms with Crippen molar-refractivity contribution in [3.8, 4) is 0 Å². The molecule has 0 aromatic carbocycles. The fraction of sp³-hybridized carbons (Fsp3) is 0.250. The maximum Gasteiger partial charge on any atom is 0.308 e. The van der Waals surface area contributed by atoms with E-state index in [1.807, 2.05) is 16.9 Å². The topological polar surface area (TPSA) is 54.6 Å². The summed E-state index contributed by atoms with van der Waals surface area (Å²) in [6.07, 6.45) is 5.57. The predicted molar refractivity (Wildman–Crippen MR) is 56.2 cm³/mol. The predicted octanol–water partition coefficient (Wildman–Crippen LogP) is 1.74. The molecule has 0 saturated heterocycles. The van der Waals surface area contributed by atoms with Crippen molar-refractivity contribution in [2.24, 2.45) is 0 Å². The third kappa shape index (κ3) is 1.62. The number of hydrogen-bond donors (Lipinski definition) is 1. The van der Waals surface area contributed by atoms with Gasteiger partial charge in [-0.25, -0.2) is 4.98 Å². The van der Waals surface area contributed by atoms with Crippen molar-refractivity contribution in [1.82, 2.24) is 9.38 Å². The van der Waals surface area contributed by atoms with Crippen LogP contribution in [0, 0.1) is 0 Å². The van der Waals surface area contributed by atoms with E-state index in [9.17, 15) is 4.79 Å². The van der Waals surface area contributed by atoms with Gasteiger partial charge in [0.1, 0.15) is 16.2 Å². The fourth-order valence-electron chi connectivity index (χ4n) is 1.20.